The van der Waals surface area contributed by atoms with Crippen LogP contribution in [0.3, 0.4) is 0 Å². The molecule has 2 aromatic carbocycles. The molecule has 2 aliphatic heterocycles. The van der Waals surface area contributed by atoms with Gasteiger partial charge >= 0.3 is 13.2 Å². The summed E-state index contributed by atoms with van der Waals surface area (Å²) in [7, 11) is -2.32. The Balaban J connectivity index is 1.50. The summed E-state index contributed by atoms with van der Waals surface area (Å²) in [5, 5.41) is 3.25. The zero-order chi connectivity index (χ0) is 38.4. The van der Waals surface area contributed by atoms with Crippen molar-refractivity contribution in [2.45, 2.75) is 170 Å². The van der Waals surface area contributed by atoms with Gasteiger partial charge in [-0.25, -0.2) is 4.79 Å². The van der Waals surface area contributed by atoms with E-state index in [1.54, 1.807) is 0 Å². The molecule has 1 saturated heterocycles. The Morgan fingerprint density at radius 2 is 1.51 bits per heavy atom. The Morgan fingerprint density at radius 3 is 2.08 bits per heavy atom. The number of carbonyl (C=O) groups is 1. The van der Waals surface area contributed by atoms with E-state index in [9.17, 15) is 4.79 Å². The minimum atomic E-state index is -1.88. The molecule has 1 amide bonds. The molecule has 1 N–H and O–H groups in total. The molecule has 0 bridgehead atoms. The standard InChI is InChI=1S/C41H66BNO7Si/c1-27-28(2)34-32(22-24-39(9,10)48-34)29(3)33(27)47-35(38(7,8)23-17-25-46-51(15,16)37(4,5)6)43-36(44)45-26-30-18-20-31(21-19-30)42-49-40(11,12)41(13,14)50-42/h18-21,35H,17,22-26H2,1-16H3,(H,43,44). The van der Waals surface area contributed by atoms with Crippen LogP contribution in [0.4, 0.5) is 4.79 Å². The molecule has 0 radical (unpaired) electrons. The van der Waals surface area contributed by atoms with Gasteiger partial charge in [0.25, 0.3) is 0 Å². The Morgan fingerprint density at radius 1 is 0.922 bits per heavy atom. The normalized spacial score (nSPS) is 18.9. The minimum Gasteiger partial charge on any atom is -0.487 e. The summed E-state index contributed by atoms with van der Waals surface area (Å²) in [4.78, 5) is 13.5. The Kier molecular flexibility index (Phi) is 11.9. The maximum atomic E-state index is 13.5. The number of alkyl carbamates (subject to hydrolysis) is 1. The average molecular weight is 724 g/mol. The molecule has 1 atom stereocenters. The fraction of sp³-hybridized carbons (Fsp3) is 0.683. The van der Waals surface area contributed by atoms with E-state index in [-0.39, 0.29) is 17.2 Å². The second kappa shape index (κ2) is 14.7. The maximum absolute atomic E-state index is 13.5. The molecule has 0 spiro atoms. The van der Waals surface area contributed by atoms with Gasteiger partial charge in [-0.05, 0) is 134 Å². The van der Waals surface area contributed by atoms with Crippen LogP contribution < -0.4 is 20.3 Å². The third kappa shape index (κ3) is 9.35. The Bertz CT molecular complexity index is 1540. The van der Waals surface area contributed by atoms with Gasteiger partial charge in [-0.15, -0.1) is 0 Å². The van der Waals surface area contributed by atoms with Gasteiger partial charge in [-0.3, -0.25) is 5.32 Å². The summed E-state index contributed by atoms with van der Waals surface area (Å²) >= 11 is 0. The molecule has 51 heavy (non-hydrogen) atoms. The Hall–Kier alpha value is -2.53. The van der Waals surface area contributed by atoms with Gasteiger partial charge in [0.15, 0.2) is 14.5 Å². The van der Waals surface area contributed by atoms with Gasteiger partial charge < -0.3 is 27.9 Å². The number of carbonyl (C=O) groups excluding carboxylic acids is 1. The van der Waals surface area contributed by atoms with Gasteiger partial charge in [0.05, 0.1) is 11.2 Å². The molecule has 1 fully saturated rings. The molecule has 2 aromatic rings. The monoisotopic (exact) mass is 723 g/mol. The zero-order valence-corrected chi connectivity index (χ0v) is 35.6. The summed E-state index contributed by atoms with van der Waals surface area (Å²) in [6.45, 7) is 35.1. The quantitative estimate of drug-likeness (QED) is 0.133. The number of benzene rings is 2. The van der Waals surface area contributed by atoms with E-state index in [4.69, 9.17) is 27.9 Å². The van der Waals surface area contributed by atoms with Crippen LogP contribution in [-0.2, 0) is 31.5 Å². The van der Waals surface area contributed by atoms with E-state index in [0.717, 1.165) is 64.9 Å². The summed E-state index contributed by atoms with van der Waals surface area (Å²) in [6.07, 6.45) is 2.28. The number of rotatable bonds is 12. The first-order valence-electron chi connectivity index (χ1n) is 18.8. The van der Waals surface area contributed by atoms with Crippen molar-refractivity contribution >= 4 is 27.0 Å². The van der Waals surface area contributed by atoms with Crippen LogP contribution in [0.2, 0.25) is 18.1 Å². The van der Waals surface area contributed by atoms with Crippen molar-refractivity contribution in [1.82, 2.24) is 5.32 Å². The van der Waals surface area contributed by atoms with Gasteiger partial charge in [-0.2, -0.15) is 0 Å². The van der Waals surface area contributed by atoms with Gasteiger partial charge in [0.2, 0.25) is 0 Å². The lowest BCUT2D eigenvalue weighted by Gasteiger charge is -2.39. The predicted octanol–water partition coefficient (Wildman–Crippen LogP) is 9.47. The minimum absolute atomic E-state index is 0.117. The highest BCUT2D eigenvalue weighted by Gasteiger charge is 2.51. The molecule has 0 aromatic heterocycles. The largest absolute Gasteiger partial charge is 0.494 e. The van der Waals surface area contributed by atoms with Crippen molar-refractivity contribution in [3.05, 3.63) is 52.1 Å². The summed E-state index contributed by atoms with van der Waals surface area (Å²) in [6, 6.07) is 7.82. The first-order valence-corrected chi connectivity index (χ1v) is 21.7. The first-order chi connectivity index (χ1) is 23.3. The van der Waals surface area contributed by atoms with Crippen LogP contribution in [0.1, 0.15) is 123 Å². The first kappa shape index (κ1) is 41.2. The zero-order valence-electron chi connectivity index (χ0n) is 34.6. The average Bonchev–Trinajstić information content (AvgIpc) is 3.23. The van der Waals surface area contributed by atoms with Crippen molar-refractivity contribution in [1.29, 1.82) is 0 Å². The van der Waals surface area contributed by atoms with E-state index in [1.807, 2.05) is 52.0 Å². The lowest BCUT2D eigenvalue weighted by Crippen LogP contribution is -2.49. The number of amides is 1. The molecule has 4 rings (SSSR count). The number of nitrogens with one attached hydrogen (secondary N) is 1. The Labute approximate surface area is 310 Å². The summed E-state index contributed by atoms with van der Waals surface area (Å²) in [5.41, 5.74) is 4.63. The number of hydrogen-bond donors (Lipinski definition) is 1. The predicted molar refractivity (Wildman–Crippen MR) is 210 cm³/mol. The van der Waals surface area contributed by atoms with Crippen LogP contribution in [-0.4, -0.2) is 51.2 Å². The molecular formula is C41H66BNO7Si. The van der Waals surface area contributed by atoms with Crippen LogP contribution in [0.5, 0.6) is 11.5 Å². The van der Waals surface area contributed by atoms with Crippen molar-refractivity contribution in [2.24, 2.45) is 5.41 Å². The van der Waals surface area contributed by atoms with Crippen molar-refractivity contribution in [3.63, 3.8) is 0 Å². The van der Waals surface area contributed by atoms with Crippen molar-refractivity contribution in [2.75, 3.05) is 6.61 Å². The molecule has 2 heterocycles. The third-order valence-corrected chi connectivity index (χ3v) is 16.5. The van der Waals surface area contributed by atoms with Crippen LogP contribution in [0.25, 0.3) is 0 Å². The van der Waals surface area contributed by atoms with Crippen LogP contribution >= 0.6 is 0 Å². The van der Waals surface area contributed by atoms with Crippen LogP contribution in [0.15, 0.2) is 24.3 Å². The number of fused-ring (bicyclic) bond motifs is 1. The fourth-order valence-corrected chi connectivity index (χ4v) is 7.37. The molecule has 0 saturated carbocycles. The van der Waals surface area contributed by atoms with E-state index in [1.165, 1.54) is 5.56 Å². The highest BCUT2D eigenvalue weighted by molar-refractivity contribution is 6.74. The molecule has 1 unspecified atom stereocenters. The number of ether oxygens (including phenoxy) is 3. The summed E-state index contributed by atoms with van der Waals surface area (Å²) < 4.78 is 38.1. The molecule has 10 heteroatoms. The second-order valence-electron chi connectivity index (χ2n) is 18.6. The second-order valence-corrected chi connectivity index (χ2v) is 23.4. The van der Waals surface area contributed by atoms with Crippen molar-refractivity contribution in [3.8, 4) is 11.5 Å². The molecule has 0 aliphatic carbocycles. The smallest absolute Gasteiger partial charge is 0.487 e. The van der Waals surface area contributed by atoms with E-state index in [0.29, 0.717) is 6.61 Å². The fourth-order valence-electron chi connectivity index (χ4n) is 6.28. The molecule has 8 nitrogen and oxygen atoms in total. The van der Waals surface area contributed by atoms with Gasteiger partial charge in [0.1, 0.15) is 23.7 Å². The lowest BCUT2D eigenvalue weighted by molar-refractivity contribution is 0.00578. The van der Waals surface area contributed by atoms with Gasteiger partial charge in [0, 0.05) is 17.6 Å². The highest BCUT2D eigenvalue weighted by Crippen LogP contribution is 2.45. The topological polar surface area (TPSA) is 84.5 Å². The van der Waals surface area contributed by atoms with E-state index >= 15 is 0 Å². The number of hydrogen-bond acceptors (Lipinski definition) is 7. The summed E-state index contributed by atoms with van der Waals surface area (Å²) in [5.74, 6) is 1.76. The van der Waals surface area contributed by atoms with Crippen molar-refractivity contribution < 1.29 is 32.7 Å². The maximum Gasteiger partial charge on any atom is 0.494 e. The van der Waals surface area contributed by atoms with E-state index < -0.39 is 44.4 Å². The lowest BCUT2D eigenvalue weighted by atomic mass is 9.79. The molecule has 2 aliphatic rings. The molecular weight excluding hydrogens is 657 g/mol. The van der Waals surface area contributed by atoms with Gasteiger partial charge in [-0.1, -0.05) is 58.9 Å². The van der Waals surface area contributed by atoms with Crippen LogP contribution in [0, 0.1) is 26.2 Å². The molecule has 284 valence electrons. The third-order valence-electron chi connectivity index (χ3n) is 12.0. The van der Waals surface area contributed by atoms with E-state index in [2.05, 4.69) is 87.6 Å². The SMILES string of the molecule is Cc1c(C)c2c(c(C)c1OC(NC(=O)OCc1ccc(B3OC(C)(C)C(C)(C)O3)cc1)C(C)(C)CCCO[Si](C)(C)C(C)(C)C)CCC(C)(C)O2. The highest BCUT2D eigenvalue weighted by atomic mass is 28.4.